The molecule has 0 fully saturated rings. The molecule has 0 spiro atoms. The van der Waals surface area contributed by atoms with Crippen molar-refractivity contribution in [3.8, 4) is 5.75 Å². The second kappa shape index (κ2) is 5.51. The zero-order valence-electron chi connectivity index (χ0n) is 7.29. The van der Waals surface area contributed by atoms with Gasteiger partial charge in [0.25, 0.3) is 0 Å². The third kappa shape index (κ3) is 2.66. The van der Waals surface area contributed by atoms with Crippen LogP contribution in [0.15, 0.2) is 12.7 Å². The van der Waals surface area contributed by atoms with E-state index >= 15 is 0 Å². The first-order chi connectivity index (χ1) is 7.00. The number of benzene rings is 1. The number of hydrogen-bond donors (Lipinski definition) is 0. The predicted octanol–water partition coefficient (Wildman–Crippen LogP) is 5.52. The van der Waals surface area contributed by atoms with E-state index in [0.29, 0.717) is 0 Å². The molecule has 0 bridgehead atoms. The Labute approximate surface area is 112 Å². The van der Waals surface area contributed by atoms with Crippen LogP contribution in [0.4, 0.5) is 0 Å². The van der Waals surface area contributed by atoms with E-state index in [9.17, 15) is 0 Å². The Kier molecular flexibility index (Phi) is 4.88. The van der Waals surface area contributed by atoms with Gasteiger partial charge in [-0.25, -0.2) is 0 Å². The molecule has 0 radical (unpaired) electrons. The van der Waals surface area contributed by atoms with Crippen LogP contribution < -0.4 is 4.74 Å². The summed E-state index contributed by atoms with van der Waals surface area (Å²) in [6.45, 7) is 3.74. The molecule has 0 saturated heterocycles. The summed E-state index contributed by atoms with van der Waals surface area (Å²) in [5, 5.41) is 0.619. The molecule has 0 N–H and O–H groups in total. The number of ether oxygens (including phenoxy) is 1. The van der Waals surface area contributed by atoms with Crippen molar-refractivity contribution >= 4 is 58.0 Å². The van der Waals surface area contributed by atoms with E-state index in [1.807, 2.05) is 0 Å². The fraction of sp³-hybridized carbons (Fsp3) is 0.111. The minimum absolute atomic E-state index is 0.110. The summed E-state index contributed by atoms with van der Waals surface area (Å²) in [6.07, 6.45) is 1.54. The lowest BCUT2D eigenvalue weighted by atomic mass is 10.3. The van der Waals surface area contributed by atoms with Crippen molar-refractivity contribution in [2.24, 2.45) is 0 Å². The quantitative estimate of drug-likeness (QED) is 0.406. The van der Waals surface area contributed by atoms with Crippen molar-refractivity contribution < 1.29 is 4.74 Å². The van der Waals surface area contributed by atoms with Gasteiger partial charge >= 0.3 is 0 Å². The minimum atomic E-state index is 0.110. The topological polar surface area (TPSA) is 9.23 Å². The van der Waals surface area contributed by atoms with Crippen LogP contribution in [0.5, 0.6) is 5.75 Å². The largest absolute Gasteiger partial charge is 0.486 e. The molecule has 0 amide bonds. The molecule has 1 nitrogen and oxygen atoms in total. The molecule has 1 aromatic carbocycles. The molecule has 15 heavy (non-hydrogen) atoms. The van der Waals surface area contributed by atoms with Gasteiger partial charge in [-0.05, 0) is 0 Å². The first-order valence-corrected chi connectivity index (χ1v) is 5.64. The molecule has 0 aliphatic heterocycles. The summed E-state index contributed by atoms with van der Waals surface area (Å²) >= 11 is 29.2. The first-order valence-electron chi connectivity index (χ1n) is 3.75. The van der Waals surface area contributed by atoms with Crippen LogP contribution in [0.25, 0.3) is 0 Å². The van der Waals surface area contributed by atoms with Gasteiger partial charge in [0.1, 0.15) is 16.7 Å². The molecule has 0 heterocycles. The molecule has 0 aliphatic carbocycles. The van der Waals surface area contributed by atoms with Crippen LogP contribution in [0.2, 0.25) is 25.1 Å². The maximum Gasteiger partial charge on any atom is 0.160 e. The Morgan fingerprint density at radius 2 is 1.27 bits per heavy atom. The first kappa shape index (κ1) is 13.3. The fourth-order valence-corrected chi connectivity index (χ4v) is 2.08. The maximum absolute atomic E-state index is 5.89. The molecular weight excluding hydrogens is 301 g/mol. The van der Waals surface area contributed by atoms with E-state index in [4.69, 9.17) is 62.7 Å². The SMILES string of the molecule is C=CCOc1c(Cl)c(Cl)c(Cl)c(Cl)c1Cl. The zero-order chi connectivity index (χ0) is 11.6. The van der Waals surface area contributed by atoms with Crippen molar-refractivity contribution in [1.82, 2.24) is 0 Å². The second-order valence-electron chi connectivity index (χ2n) is 2.50. The highest BCUT2D eigenvalue weighted by Crippen LogP contribution is 2.48. The summed E-state index contributed by atoms with van der Waals surface area (Å²) in [5.41, 5.74) is 0. The van der Waals surface area contributed by atoms with Crippen LogP contribution in [0.3, 0.4) is 0 Å². The molecule has 1 aromatic rings. The Morgan fingerprint density at radius 1 is 0.867 bits per heavy atom. The van der Waals surface area contributed by atoms with Gasteiger partial charge in [-0.1, -0.05) is 70.7 Å². The highest BCUT2D eigenvalue weighted by molar-refractivity contribution is 6.55. The third-order valence-electron chi connectivity index (χ3n) is 1.52. The normalized spacial score (nSPS) is 10.2. The molecule has 0 saturated carbocycles. The van der Waals surface area contributed by atoms with E-state index in [2.05, 4.69) is 6.58 Å². The molecule has 82 valence electrons. The third-order valence-corrected chi connectivity index (χ3v) is 3.76. The summed E-state index contributed by atoms with van der Waals surface area (Å²) in [7, 11) is 0. The molecular formula is C9H5Cl5O. The van der Waals surface area contributed by atoms with Gasteiger partial charge in [-0.15, -0.1) is 0 Å². The summed E-state index contributed by atoms with van der Waals surface area (Å²) < 4.78 is 5.22. The van der Waals surface area contributed by atoms with Gasteiger partial charge in [0.15, 0.2) is 5.75 Å². The molecule has 0 aromatic heterocycles. The average Bonchev–Trinajstić information content (AvgIpc) is 2.24. The summed E-state index contributed by atoms with van der Waals surface area (Å²) in [5.74, 6) is 0.206. The zero-order valence-corrected chi connectivity index (χ0v) is 11.1. The van der Waals surface area contributed by atoms with Crippen molar-refractivity contribution in [3.05, 3.63) is 37.8 Å². The number of halogens is 5. The smallest absolute Gasteiger partial charge is 0.160 e. The van der Waals surface area contributed by atoms with Crippen molar-refractivity contribution in [3.63, 3.8) is 0 Å². The Bertz CT molecular complexity index is 373. The van der Waals surface area contributed by atoms with Crippen LogP contribution in [-0.2, 0) is 0 Å². The maximum atomic E-state index is 5.89. The lowest BCUT2D eigenvalue weighted by Gasteiger charge is -2.12. The molecule has 0 aliphatic rings. The van der Waals surface area contributed by atoms with Gasteiger partial charge in [0.2, 0.25) is 0 Å². The van der Waals surface area contributed by atoms with Gasteiger partial charge in [-0.3, -0.25) is 0 Å². The molecule has 0 atom stereocenters. The van der Waals surface area contributed by atoms with Crippen molar-refractivity contribution in [2.75, 3.05) is 6.61 Å². The van der Waals surface area contributed by atoms with E-state index in [0.717, 1.165) is 0 Å². The standard InChI is InChI=1S/C9H5Cl5O/c1-2-3-15-9-7(13)5(11)4(10)6(12)8(9)14/h2H,1,3H2. The highest BCUT2D eigenvalue weighted by Gasteiger charge is 2.19. The second-order valence-corrected chi connectivity index (χ2v) is 4.39. The minimum Gasteiger partial charge on any atom is -0.486 e. The van der Waals surface area contributed by atoms with Crippen LogP contribution in [0, 0.1) is 0 Å². The van der Waals surface area contributed by atoms with Crippen molar-refractivity contribution in [2.45, 2.75) is 0 Å². The predicted molar refractivity (Wildman–Crippen MR) is 67.2 cm³/mol. The van der Waals surface area contributed by atoms with Crippen LogP contribution in [0.1, 0.15) is 0 Å². The number of hydrogen-bond acceptors (Lipinski definition) is 1. The monoisotopic (exact) mass is 304 g/mol. The van der Waals surface area contributed by atoms with E-state index in [1.165, 1.54) is 0 Å². The van der Waals surface area contributed by atoms with Gasteiger partial charge in [0.05, 0.1) is 15.1 Å². The average molecular weight is 306 g/mol. The van der Waals surface area contributed by atoms with E-state index in [1.54, 1.807) is 6.08 Å². The molecule has 0 unspecified atom stereocenters. The Balaban J connectivity index is 3.31. The Morgan fingerprint density at radius 3 is 1.67 bits per heavy atom. The Hall–Kier alpha value is 0.210. The molecule has 6 heteroatoms. The lowest BCUT2D eigenvalue weighted by Crippen LogP contribution is -1.95. The van der Waals surface area contributed by atoms with E-state index in [-0.39, 0.29) is 37.5 Å². The molecule has 1 rings (SSSR count). The highest BCUT2D eigenvalue weighted by atomic mass is 35.5. The lowest BCUT2D eigenvalue weighted by molar-refractivity contribution is 0.364. The summed E-state index contributed by atoms with van der Waals surface area (Å²) in [6, 6.07) is 0. The van der Waals surface area contributed by atoms with Gasteiger partial charge in [0, 0.05) is 0 Å². The summed E-state index contributed by atoms with van der Waals surface area (Å²) in [4.78, 5) is 0. The fourth-order valence-electron chi connectivity index (χ4n) is 0.854. The van der Waals surface area contributed by atoms with Crippen LogP contribution >= 0.6 is 58.0 Å². The van der Waals surface area contributed by atoms with E-state index < -0.39 is 0 Å². The van der Waals surface area contributed by atoms with Gasteiger partial charge < -0.3 is 4.74 Å². The van der Waals surface area contributed by atoms with Crippen molar-refractivity contribution in [1.29, 1.82) is 0 Å². The van der Waals surface area contributed by atoms with Gasteiger partial charge in [-0.2, -0.15) is 0 Å². The number of rotatable bonds is 3. The van der Waals surface area contributed by atoms with Crippen LogP contribution in [-0.4, -0.2) is 6.61 Å².